The van der Waals surface area contributed by atoms with Gasteiger partial charge in [-0.15, -0.1) is 11.6 Å². The molecule has 3 rings (SSSR count). The number of hydrogen-bond donors (Lipinski definition) is 9. The highest BCUT2D eigenvalue weighted by Crippen LogP contribution is 2.36. The highest BCUT2D eigenvalue weighted by Gasteiger charge is 2.38. The van der Waals surface area contributed by atoms with Crippen LogP contribution >= 0.6 is 19.4 Å². The molecule has 2 aromatic rings. The number of fused-ring (bicyclic) bond motifs is 1. The predicted octanol–water partition coefficient (Wildman–Crippen LogP) is -1.17. The molecular formula is C28H40ClN8O10P. The Balaban J connectivity index is 1.85. The van der Waals surface area contributed by atoms with Gasteiger partial charge < -0.3 is 52.4 Å². The van der Waals surface area contributed by atoms with E-state index < -0.39 is 80.0 Å². The van der Waals surface area contributed by atoms with Crippen molar-refractivity contribution in [2.24, 2.45) is 11.5 Å². The number of likely N-dealkylation sites (tertiary alicyclic amines) is 1. The molecule has 7 amide bonds. The number of carbonyl (C=O) groups excluding carboxylic acids is 6. The number of aromatic amines is 1. The zero-order chi connectivity index (χ0) is 35.4. The second-order valence-electron chi connectivity index (χ2n) is 11.1. The van der Waals surface area contributed by atoms with Crippen LogP contribution in [-0.2, 0) is 39.5 Å². The number of hydrogen-bond acceptors (Lipinski definition) is 8. The molecule has 0 aliphatic carbocycles. The molecule has 11 N–H and O–H groups in total. The van der Waals surface area contributed by atoms with Gasteiger partial charge in [0.25, 0.3) is 0 Å². The first-order chi connectivity index (χ1) is 22.7. The van der Waals surface area contributed by atoms with Crippen LogP contribution in [0.5, 0.6) is 0 Å². The predicted molar refractivity (Wildman–Crippen MR) is 172 cm³/mol. The quantitative estimate of drug-likeness (QED) is 0.0537. The van der Waals surface area contributed by atoms with Crippen molar-refractivity contribution in [2.45, 2.75) is 62.7 Å². The van der Waals surface area contributed by atoms with E-state index in [1.807, 2.05) is 18.2 Å². The standard InChI is InChI=1S/C28H40ClN8O10P/c29-13-23(38)34-21(15-47-48(44,45)46)27(42)37-11-4-3-9-22(37)26(41)36-20(12-16-14-33-18-7-2-1-6-17(16)18)25(40)35-19(24(30)39)8-5-10-32-28(31)43/h1-2,6-7,14,19-22,33H,3-5,8-13,15H2,(H2,30,39)(H,34,38)(H,35,40)(H,36,41)(H3,31,32,43)(H2,44,45,46). The Morgan fingerprint density at radius 1 is 1.04 bits per heavy atom. The van der Waals surface area contributed by atoms with Crippen molar-refractivity contribution in [2.75, 3.05) is 25.6 Å². The fourth-order valence-corrected chi connectivity index (χ4v) is 5.74. The van der Waals surface area contributed by atoms with Crippen LogP contribution in [0.2, 0.25) is 0 Å². The van der Waals surface area contributed by atoms with E-state index in [2.05, 4.69) is 30.8 Å². The summed E-state index contributed by atoms with van der Waals surface area (Å²) < 4.78 is 15.8. The molecule has 0 spiro atoms. The fourth-order valence-electron chi connectivity index (χ4n) is 5.32. The molecule has 0 bridgehead atoms. The molecule has 2 heterocycles. The van der Waals surface area contributed by atoms with Crippen molar-refractivity contribution in [1.29, 1.82) is 0 Å². The summed E-state index contributed by atoms with van der Waals surface area (Å²) in [5.74, 6) is -4.52. The molecule has 0 saturated carbocycles. The molecule has 1 fully saturated rings. The number of halogens is 1. The van der Waals surface area contributed by atoms with Gasteiger partial charge in [0, 0.05) is 36.6 Å². The van der Waals surface area contributed by atoms with Gasteiger partial charge in [0.05, 0.1) is 6.61 Å². The normalized spacial score (nSPS) is 16.7. The monoisotopic (exact) mass is 714 g/mol. The maximum atomic E-state index is 13.8. The van der Waals surface area contributed by atoms with Crippen molar-refractivity contribution in [3.8, 4) is 0 Å². The van der Waals surface area contributed by atoms with Crippen LogP contribution in [-0.4, -0.2) is 105 Å². The lowest BCUT2D eigenvalue weighted by atomic mass is 9.98. The Morgan fingerprint density at radius 3 is 2.44 bits per heavy atom. The fraction of sp³-hybridized carbons (Fsp3) is 0.500. The second-order valence-corrected chi connectivity index (χ2v) is 12.6. The minimum Gasteiger partial charge on any atom is -0.368 e. The Bertz CT molecular complexity index is 1530. The maximum Gasteiger partial charge on any atom is 0.469 e. The van der Waals surface area contributed by atoms with E-state index in [1.165, 1.54) is 0 Å². The van der Waals surface area contributed by atoms with Gasteiger partial charge in [-0.3, -0.25) is 28.5 Å². The number of urea groups is 1. The van der Waals surface area contributed by atoms with Crippen molar-refractivity contribution in [1.82, 2.24) is 31.2 Å². The van der Waals surface area contributed by atoms with Crippen molar-refractivity contribution in [3.05, 3.63) is 36.0 Å². The highest BCUT2D eigenvalue weighted by atomic mass is 35.5. The molecule has 1 aliphatic heterocycles. The number of phosphoric ester groups is 1. The number of nitrogens with one attached hydrogen (secondary N) is 5. The number of alkyl halides is 1. The Morgan fingerprint density at radius 2 is 1.77 bits per heavy atom. The number of benzene rings is 1. The summed E-state index contributed by atoms with van der Waals surface area (Å²) in [6.45, 7) is -0.713. The summed E-state index contributed by atoms with van der Waals surface area (Å²) >= 11 is 5.55. The van der Waals surface area contributed by atoms with Crippen LogP contribution in [0.25, 0.3) is 10.9 Å². The van der Waals surface area contributed by atoms with Gasteiger partial charge in [-0.1, -0.05) is 18.2 Å². The van der Waals surface area contributed by atoms with E-state index >= 15 is 0 Å². The van der Waals surface area contributed by atoms with Crippen LogP contribution in [0.15, 0.2) is 30.5 Å². The molecular weight excluding hydrogens is 675 g/mol. The average molecular weight is 715 g/mol. The van der Waals surface area contributed by atoms with E-state index in [0.29, 0.717) is 18.4 Å². The molecule has 18 nitrogen and oxygen atoms in total. The number of rotatable bonds is 17. The molecule has 264 valence electrons. The lowest BCUT2D eigenvalue weighted by Gasteiger charge is -2.37. The maximum absolute atomic E-state index is 13.8. The number of primary amides is 2. The third kappa shape index (κ3) is 11.5. The molecule has 0 radical (unpaired) electrons. The molecule has 4 atom stereocenters. The van der Waals surface area contributed by atoms with Crippen LogP contribution in [0.1, 0.15) is 37.7 Å². The first-order valence-corrected chi connectivity index (χ1v) is 17.1. The number of piperidine rings is 1. The molecule has 1 aromatic carbocycles. The van der Waals surface area contributed by atoms with Crippen LogP contribution < -0.4 is 32.7 Å². The van der Waals surface area contributed by atoms with Crippen LogP contribution in [0.4, 0.5) is 4.79 Å². The van der Waals surface area contributed by atoms with Crippen molar-refractivity contribution >= 4 is 65.9 Å². The summed E-state index contributed by atoms with van der Waals surface area (Å²) in [6.07, 6.45) is 3.15. The third-order valence-electron chi connectivity index (χ3n) is 7.61. The summed E-state index contributed by atoms with van der Waals surface area (Å²) in [4.78, 5) is 98.9. The van der Waals surface area contributed by atoms with Gasteiger partial charge in [-0.05, 0) is 43.7 Å². The Hall–Kier alpha value is -4.22. The zero-order valence-electron chi connectivity index (χ0n) is 25.9. The number of amides is 7. The largest absolute Gasteiger partial charge is 0.469 e. The summed E-state index contributed by atoms with van der Waals surface area (Å²) in [5.41, 5.74) is 12.0. The molecule has 20 heteroatoms. The summed E-state index contributed by atoms with van der Waals surface area (Å²) in [5, 5.41) is 10.7. The Kier molecular flexibility index (Phi) is 14.2. The van der Waals surface area contributed by atoms with Gasteiger partial charge in [-0.25, -0.2) is 9.36 Å². The number of H-pyrrole nitrogens is 1. The Labute approximate surface area is 280 Å². The second kappa shape index (κ2) is 17.8. The number of nitrogens with zero attached hydrogens (tertiary/aromatic N) is 1. The van der Waals surface area contributed by atoms with E-state index in [9.17, 15) is 33.3 Å². The van der Waals surface area contributed by atoms with Crippen molar-refractivity contribution in [3.63, 3.8) is 0 Å². The van der Waals surface area contributed by atoms with Crippen molar-refractivity contribution < 1.29 is 47.6 Å². The first-order valence-electron chi connectivity index (χ1n) is 15.0. The number of phosphoric acid groups is 1. The van der Waals surface area contributed by atoms with Crippen LogP contribution in [0.3, 0.4) is 0 Å². The summed E-state index contributed by atoms with van der Waals surface area (Å²) in [6, 6.07) is 1.40. The van der Waals surface area contributed by atoms with Crippen LogP contribution in [0, 0.1) is 0 Å². The van der Waals surface area contributed by atoms with E-state index in [4.69, 9.17) is 32.9 Å². The number of para-hydroxylation sites is 1. The average Bonchev–Trinajstić information content (AvgIpc) is 3.45. The highest BCUT2D eigenvalue weighted by molar-refractivity contribution is 7.46. The number of nitrogens with two attached hydrogens (primary N) is 2. The topological polar surface area (TPSA) is 288 Å². The minimum atomic E-state index is -5.03. The molecule has 48 heavy (non-hydrogen) atoms. The number of carbonyl (C=O) groups is 6. The SMILES string of the molecule is NC(=O)NCCCC(NC(=O)C(Cc1c[nH]c2ccccc12)NC(=O)C1CCCCN1C(=O)C(COP(=O)(O)O)NC(=O)CCl)C(N)=O. The summed E-state index contributed by atoms with van der Waals surface area (Å²) in [7, 11) is -5.03. The smallest absolute Gasteiger partial charge is 0.368 e. The van der Waals surface area contributed by atoms with E-state index in [1.54, 1.807) is 12.3 Å². The molecule has 1 aromatic heterocycles. The van der Waals surface area contributed by atoms with Gasteiger partial charge in [-0.2, -0.15) is 0 Å². The first kappa shape index (κ1) is 38.2. The lowest BCUT2D eigenvalue weighted by molar-refractivity contribution is -0.146. The van der Waals surface area contributed by atoms with E-state index in [0.717, 1.165) is 15.8 Å². The molecule has 4 unspecified atom stereocenters. The molecule has 1 saturated heterocycles. The molecule has 1 aliphatic rings. The number of aromatic nitrogens is 1. The van der Waals surface area contributed by atoms with Gasteiger partial charge in [0.1, 0.15) is 30.0 Å². The van der Waals surface area contributed by atoms with Gasteiger partial charge in [0.15, 0.2) is 0 Å². The van der Waals surface area contributed by atoms with Gasteiger partial charge in [0.2, 0.25) is 29.5 Å². The minimum absolute atomic E-state index is 0.0263. The zero-order valence-corrected chi connectivity index (χ0v) is 27.5. The lowest BCUT2D eigenvalue weighted by Crippen LogP contribution is -2.61. The van der Waals surface area contributed by atoms with Gasteiger partial charge >= 0.3 is 13.9 Å². The van der Waals surface area contributed by atoms with E-state index in [-0.39, 0.29) is 38.8 Å². The third-order valence-corrected chi connectivity index (χ3v) is 8.34.